The first-order valence-corrected chi connectivity index (χ1v) is 4.94. The summed E-state index contributed by atoms with van der Waals surface area (Å²) in [5.74, 6) is 1.83. The Kier molecular flexibility index (Phi) is 3.30. The van der Waals surface area contributed by atoms with Gasteiger partial charge in [-0.3, -0.25) is 10.5 Å². The average molecular weight is 199 g/mol. The molecular weight excluding hydrogens is 186 g/mol. The Morgan fingerprint density at radius 3 is 2.92 bits per heavy atom. The molecule has 1 unspecified atom stereocenters. The molecule has 1 aromatic rings. The van der Waals surface area contributed by atoms with Crippen molar-refractivity contribution in [3.63, 3.8) is 0 Å². The zero-order valence-electron chi connectivity index (χ0n) is 7.66. The van der Waals surface area contributed by atoms with Crippen molar-refractivity contribution in [1.82, 2.24) is 15.2 Å². The molecule has 0 aliphatic carbocycles. The molecule has 1 aromatic heterocycles. The van der Waals surface area contributed by atoms with Gasteiger partial charge in [-0.2, -0.15) is 0 Å². The fourth-order valence-corrected chi connectivity index (χ4v) is 1.57. The minimum atomic E-state index is 0.0730. The summed E-state index contributed by atoms with van der Waals surface area (Å²) in [7, 11) is 0. The predicted octanol–water partition coefficient (Wildman–Crippen LogP) is 0.777. The summed E-state index contributed by atoms with van der Waals surface area (Å²) >= 11 is 1.50. The minimum Gasteiger partial charge on any atom is -0.387 e. The van der Waals surface area contributed by atoms with Crippen LogP contribution in [0, 0.1) is 18.3 Å². The number of hydrogen-bond acceptors (Lipinski definition) is 4. The number of nitrogens with one attached hydrogen (secondary N) is 2. The van der Waals surface area contributed by atoms with Gasteiger partial charge in [-0.25, -0.2) is 4.98 Å². The summed E-state index contributed by atoms with van der Waals surface area (Å²) in [6.45, 7) is 3.76. The first-order valence-electron chi connectivity index (χ1n) is 3.95. The van der Waals surface area contributed by atoms with Crippen LogP contribution in [0.4, 0.5) is 0 Å². The van der Waals surface area contributed by atoms with Gasteiger partial charge in [0, 0.05) is 11.7 Å². The molecule has 4 N–H and O–H groups in total. The van der Waals surface area contributed by atoms with E-state index in [1.807, 2.05) is 13.8 Å². The molecule has 0 amide bonds. The first kappa shape index (κ1) is 10.0. The van der Waals surface area contributed by atoms with Crippen LogP contribution >= 0.6 is 11.8 Å². The Morgan fingerprint density at radius 1 is 1.77 bits per heavy atom. The molecular formula is C7H13N5S. The van der Waals surface area contributed by atoms with Gasteiger partial charge in [-0.1, -0.05) is 18.7 Å². The molecule has 0 spiro atoms. The summed E-state index contributed by atoms with van der Waals surface area (Å²) in [6, 6.07) is 0. The molecule has 0 fully saturated rings. The number of hydrogen-bond donors (Lipinski definition) is 3. The minimum absolute atomic E-state index is 0.0730. The molecule has 0 aliphatic heterocycles. The number of aromatic amines is 1. The molecule has 0 aromatic carbocycles. The normalized spacial score (nSPS) is 12.8. The SMILES string of the molecule is Cc1nc(SCC(C)C(=N)N)n[nH]1. The number of amidine groups is 1. The van der Waals surface area contributed by atoms with Gasteiger partial charge in [0.15, 0.2) is 0 Å². The third-order valence-electron chi connectivity index (χ3n) is 1.57. The smallest absolute Gasteiger partial charge is 0.208 e. The van der Waals surface area contributed by atoms with Crippen LogP contribution < -0.4 is 5.73 Å². The van der Waals surface area contributed by atoms with Crippen molar-refractivity contribution in [2.75, 3.05) is 5.75 Å². The fraction of sp³-hybridized carbons (Fsp3) is 0.571. The van der Waals surface area contributed by atoms with Crippen LogP contribution in [-0.2, 0) is 0 Å². The molecule has 0 radical (unpaired) electrons. The molecule has 0 bridgehead atoms. The molecule has 0 saturated heterocycles. The van der Waals surface area contributed by atoms with Gasteiger partial charge >= 0.3 is 0 Å². The van der Waals surface area contributed by atoms with Gasteiger partial charge < -0.3 is 5.73 Å². The summed E-state index contributed by atoms with van der Waals surface area (Å²) in [4.78, 5) is 4.13. The second-order valence-electron chi connectivity index (χ2n) is 2.87. The van der Waals surface area contributed by atoms with Crippen molar-refractivity contribution >= 4 is 17.6 Å². The van der Waals surface area contributed by atoms with E-state index in [1.54, 1.807) is 0 Å². The largest absolute Gasteiger partial charge is 0.387 e. The lowest BCUT2D eigenvalue weighted by atomic mass is 10.2. The lowest BCUT2D eigenvalue weighted by Gasteiger charge is -2.05. The maximum atomic E-state index is 7.19. The molecule has 1 heterocycles. The summed E-state index contributed by atoms with van der Waals surface area (Å²) in [5.41, 5.74) is 5.33. The lowest BCUT2D eigenvalue weighted by Crippen LogP contribution is -2.21. The molecule has 72 valence electrons. The maximum absolute atomic E-state index is 7.19. The Hall–Kier alpha value is -1.04. The van der Waals surface area contributed by atoms with Gasteiger partial charge in [0.25, 0.3) is 0 Å². The number of aryl methyl sites for hydroxylation is 1. The van der Waals surface area contributed by atoms with E-state index in [0.717, 1.165) is 11.6 Å². The molecule has 13 heavy (non-hydrogen) atoms. The highest BCUT2D eigenvalue weighted by atomic mass is 32.2. The Bertz CT molecular complexity index is 295. The maximum Gasteiger partial charge on any atom is 0.208 e. The topological polar surface area (TPSA) is 91.4 Å². The third kappa shape index (κ3) is 3.06. The van der Waals surface area contributed by atoms with Gasteiger partial charge in [-0.05, 0) is 6.92 Å². The monoisotopic (exact) mass is 199 g/mol. The standard InChI is InChI=1S/C7H13N5S/c1-4(6(8)9)3-13-7-10-5(2)11-12-7/h4H,3H2,1-2H3,(H3,8,9)(H,10,11,12). The van der Waals surface area contributed by atoms with E-state index in [0.29, 0.717) is 5.16 Å². The van der Waals surface area contributed by atoms with Crippen molar-refractivity contribution in [2.45, 2.75) is 19.0 Å². The van der Waals surface area contributed by atoms with Crippen molar-refractivity contribution < 1.29 is 0 Å². The molecule has 6 heteroatoms. The van der Waals surface area contributed by atoms with Crippen LogP contribution in [0.3, 0.4) is 0 Å². The molecule has 0 saturated carbocycles. The quantitative estimate of drug-likeness (QED) is 0.379. The van der Waals surface area contributed by atoms with E-state index < -0.39 is 0 Å². The van der Waals surface area contributed by atoms with Crippen LogP contribution in [0.2, 0.25) is 0 Å². The second kappa shape index (κ2) is 4.27. The molecule has 1 rings (SSSR count). The van der Waals surface area contributed by atoms with Crippen LogP contribution in [0.1, 0.15) is 12.7 Å². The Labute approximate surface area is 81.0 Å². The zero-order valence-corrected chi connectivity index (χ0v) is 8.48. The summed E-state index contributed by atoms with van der Waals surface area (Å²) in [6.07, 6.45) is 0. The van der Waals surface area contributed by atoms with Gasteiger partial charge in [-0.15, -0.1) is 5.10 Å². The van der Waals surface area contributed by atoms with Crippen molar-refractivity contribution in [1.29, 1.82) is 5.41 Å². The van der Waals surface area contributed by atoms with E-state index in [2.05, 4.69) is 15.2 Å². The highest BCUT2D eigenvalue weighted by Gasteiger charge is 2.07. The average Bonchev–Trinajstić information content (AvgIpc) is 2.47. The van der Waals surface area contributed by atoms with Gasteiger partial charge in [0.2, 0.25) is 5.16 Å². The summed E-state index contributed by atoms with van der Waals surface area (Å²) < 4.78 is 0. The van der Waals surface area contributed by atoms with E-state index in [1.165, 1.54) is 11.8 Å². The van der Waals surface area contributed by atoms with Crippen molar-refractivity contribution in [3.8, 4) is 0 Å². The number of rotatable bonds is 4. The number of thioether (sulfide) groups is 1. The molecule has 0 aliphatic rings. The molecule has 1 atom stereocenters. The first-order chi connectivity index (χ1) is 6.09. The van der Waals surface area contributed by atoms with Crippen LogP contribution in [0.15, 0.2) is 5.16 Å². The lowest BCUT2D eigenvalue weighted by molar-refractivity contribution is 0.872. The summed E-state index contributed by atoms with van der Waals surface area (Å²) in [5, 5.41) is 14.6. The van der Waals surface area contributed by atoms with Gasteiger partial charge in [0.05, 0.1) is 5.84 Å². The molecule has 5 nitrogen and oxygen atoms in total. The van der Waals surface area contributed by atoms with E-state index in [-0.39, 0.29) is 11.8 Å². The van der Waals surface area contributed by atoms with Gasteiger partial charge in [0.1, 0.15) is 5.82 Å². The number of H-pyrrole nitrogens is 1. The zero-order chi connectivity index (χ0) is 9.84. The van der Waals surface area contributed by atoms with E-state index >= 15 is 0 Å². The number of nitrogens with zero attached hydrogens (tertiary/aromatic N) is 2. The second-order valence-corrected chi connectivity index (χ2v) is 3.86. The van der Waals surface area contributed by atoms with E-state index in [9.17, 15) is 0 Å². The Morgan fingerprint density at radius 2 is 2.46 bits per heavy atom. The van der Waals surface area contributed by atoms with Crippen molar-refractivity contribution in [2.24, 2.45) is 11.7 Å². The Balaban J connectivity index is 2.39. The third-order valence-corrected chi connectivity index (χ3v) is 2.68. The van der Waals surface area contributed by atoms with Crippen LogP contribution in [0.5, 0.6) is 0 Å². The fourth-order valence-electron chi connectivity index (χ4n) is 0.676. The number of aromatic nitrogens is 3. The van der Waals surface area contributed by atoms with E-state index in [4.69, 9.17) is 11.1 Å². The highest BCUT2D eigenvalue weighted by Crippen LogP contribution is 2.15. The van der Waals surface area contributed by atoms with Crippen LogP contribution in [-0.4, -0.2) is 26.8 Å². The predicted molar refractivity (Wildman–Crippen MR) is 52.9 cm³/mol. The highest BCUT2D eigenvalue weighted by molar-refractivity contribution is 7.99. The van der Waals surface area contributed by atoms with Crippen LogP contribution in [0.25, 0.3) is 0 Å². The van der Waals surface area contributed by atoms with Crippen molar-refractivity contribution in [3.05, 3.63) is 5.82 Å². The number of nitrogens with two attached hydrogens (primary N) is 1.